The first-order valence-corrected chi connectivity index (χ1v) is 7.69. The van der Waals surface area contributed by atoms with Crippen LogP contribution in [0.25, 0.3) is 10.9 Å². The SMILES string of the molecule is CC.CC.CC(=O)c1c2c(nc3ccccc13)CCC2. The van der Waals surface area contributed by atoms with Crippen molar-refractivity contribution in [3.05, 3.63) is 41.1 Å². The van der Waals surface area contributed by atoms with E-state index < -0.39 is 0 Å². The summed E-state index contributed by atoms with van der Waals surface area (Å²) in [7, 11) is 0. The zero-order valence-electron chi connectivity index (χ0n) is 13.3. The highest BCUT2D eigenvalue weighted by molar-refractivity contribution is 6.07. The fraction of sp³-hybridized carbons (Fsp3) is 0.444. The van der Waals surface area contributed by atoms with Crippen molar-refractivity contribution in [1.82, 2.24) is 4.98 Å². The first-order valence-electron chi connectivity index (χ1n) is 7.69. The van der Waals surface area contributed by atoms with Crippen molar-refractivity contribution in [1.29, 1.82) is 0 Å². The van der Waals surface area contributed by atoms with Gasteiger partial charge in [0.2, 0.25) is 0 Å². The van der Waals surface area contributed by atoms with E-state index in [4.69, 9.17) is 0 Å². The molecule has 0 amide bonds. The van der Waals surface area contributed by atoms with Gasteiger partial charge in [-0.2, -0.15) is 0 Å². The summed E-state index contributed by atoms with van der Waals surface area (Å²) in [6.07, 6.45) is 3.14. The van der Waals surface area contributed by atoms with Crippen molar-refractivity contribution < 1.29 is 4.79 Å². The van der Waals surface area contributed by atoms with E-state index in [1.54, 1.807) is 6.92 Å². The lowest BCUT2D eigenvalue weighted by molar-refractivity contribution is 0.101. The maximum Gasteiger partial charge on any atom is 0.160 e. The second-order valence-electron chi connectivity index (χ2n) is 4.34. The molecule has 1 aliphatic carbocycles. The molecule has 0 aliphatic heterocycles. The van der Waals surface area contributed by atoms with Crippen LogP contribution in [0.4, 0.5) is 0 Å². The van der Waals surface area contributed by atoms with Crippen molar-refractivity contribution >= 4 is 16.7 Å². The molecule has 0 N–H and O–H groups in total. The molecule has 20 heavy (non-hydrogen) atoms. The third kappa shape index (κ3) is 3.06. The summed E-state index contributed by atoms with van der Waals surface area (Å²) in [5, 5.41) is 1.01. The Morgan fingerprint density at radius 2 is 1.70 bits per heavy atom. The molecule has 2 aromatic rings. The number of carbonyl (C=O) groups excluding carboxylic acids is 1. The molecule has 2 heteroatoms. The molecule has 2 nitrogen and oxygen atoms in total. The van der Waals surface area contributed by atoms with Crippen LogP contribution < -0.4 is 0 Å². The van der Waals surface area contributed by atoms with Gasteiger partial charge in [-0.05, 0) is 37.8 Å². The van der Waals surface area contributed by atoms with E-state index in [0.29, 0.717) is 0 Å². The molecule has 0 saturated heterocycles. The first kappa shape index (κ1) is 16.4. The quantitative estimate of drug-likeness (QED) is 0.685. The van der Waals surface area contributed by atoms with Crippen molar-refractivity contribution in [2.24, 2.45) is 0 Å². The van der Waals surface area contributed by atoms with Gasteiger partial charge in [0.05, 0.1) is 5.52 Å². The molecular formula is C18H25NO. The summed E-state index contributed by atoms with van der Waals surface area (Å²) < 4.78 is 0. The number of aromatic nitrogens is 1. The van der Waals surface area contributed by atoms with E-state index in [1.807, 2.05) is 52.0 Å². The number of hydrogen-bond donors (Lipinski definition) is 0. The Balaban J connectivity index is 0.000000461. The highest BCUT2D eigenvalue weighted by Gasteiger charge is 2.21. The fourth-order valence-electron chi connectivity index (χ4n) is 2.61. The van der Waals surface area contributed by atoms with Gasteiger partial charge in [-0.3, -0.25) is 9.78 Å². The molecule has 0 saturated carbocycles. The minimum atomic E-state index is 0.164. The summed E-state index contributed by atoms with van der Waals surface area (Å²) in [6, 6.07) is 7.93. The summed E-state index contributed by atoms with van der Waals surface area (Å²) in [4.78, 5) is 16.4. The summed E-state index contributed by atoms with van der Waals surface area (Å²) in [5.74, 6) is 0.164. The number of hydrogen-bond acceptors (Lipinski definition) is 2. The number of pyridine rings is 1. The van der Waals surface area contributed by atoms with Crippen LogP contribution in [0.5, 0.6) is 0 Å². The Morgan fingerprint density at radius 1 is 1.05 bits per heavy atom. The van der Waals surface area contributed by atoms with Gasteiger partial charge in [0.15, 0.2) is 5.78 Å². The van der Waals surface area contributed by atoms with Crippen LogP contribution in [0.1, 0.15) is 62.7 Å². The highest BCUT2D eigenvalue weighted by atomic mass is 16.1. The normalized spacial score (nSPS) is 11.8. The summed E-state index contributed by atoms with van der Waals surface area (Å²) in [5.41, 5.74) is 4.17. The van der Waals surface area contributed by atoms with E-state index >= 15 is 0 Å². The zero-order chi connectivity index (χ0) is 15.1. The Morgan fingerprint density at radius 3 is 2.35 bits per heavy atom. The number of Topliss-reactive ketones (excluding diaryl/α,β-unsaturated/α-hetero) is 1. The second-order valence-corrected chi connectivity index (χ2v) is 4.34. The van der Waals surface area contributed by atoms with Crippen LogP contribution >= 0.6 is 0 Å². The molecule has 1 aromatic carbocycles. The van der Waals surface area contributed by atoms with Gasteiger partial charge in [-0.1, -0.05) is 45.9 Å². The molecule has 1 aliphatic rings. The first-order chi connectivity index (χ1) is 9.77. The molecule has 0 fully saturated rings. The molecular weight excluding hydrogens is 246 g/mol. The van der Waals surface area contributed by atoms with Gasteiger partial charge in [-0.15, -0.1) is 0 Å². The van der Waals surface area contributed by atoms with E-state index in [1.165, 1.54) is 5.56 Å². The van der Waals surface area contributed by atoms with E-state index in [2.05, 4.69) is 4.98 Å². The lowest BCUT2D eigenvalue weighted by Crippen LogP contribution is -2.03. The largest absolute Gasteiger partial charge is 0.294 e. The number of fused-ring (bicyclic) bond motifs is 2. The molecule has 0 spiro atoms. The minimum absolute atomic E-state index is 0.164. The highest BCUT2D eigenvalue weighted by Crippen LogP contribution is 2.29. The van der Waals surface area contributed by atoms with Gasteiger partial charge >= 0.3 is 0 Å². The van der Waals surface area contributed by atoms with Crippen LogP contribution in [-0.4, -0.2) is 10.8 Å². The minimum Gasteiger partial charge on any atom is -0.294 e. The molecule has 0 radical (unpaired) electrons. The predicted molar refractivity (Wildman–Crippen MR) is 86.5 cm³/mol. The fourth-order valence-corrected chi connectivity index (χ4v) is 2.61. The Kier molecular flexibility index (Phi) is 6.37. The van der Waals surface area contributed by atoms with Gasteiger partial charge in [0.1, 0.15) is 0 Å². The standard InChI is InChI=1S/C14H13NO.2C2H6/c1-9(16)14-10-5-2-3-7-12(10)15-13-8-4-6-11(13)14;2*1-2/h2-3,5,7H,4,6,8H2,1H3;2*1-2H3. The number of aryl methyl sites for hydroxylation is 1. The molecule has 0 atom stereocenters. The Bertz CT molecular complexity index is 587. The average molecular weight is 271 g/mol. The lowest BCUT2D eigenvalue weighted by Gasteiger charge is -2.09. The van der Waals surface area contributed by atoms with Gasteiger partial charge in [0, 0.05) is 16.6 Å². The molecule has 1 heterocycles. The smallest absolute Gasteiger partial charge is 0.160 e. The molecule has 3 rings (SSSR count). The number of nitrogens with zero attached hydrogens (tertiary/aromatic N) is 1. The van der Waals surface area contributed by atoms with Crippen LogP contribution in [0.2, 0.25) is 0 Å². The van der Waals surface area contributed by atoms with Gasteiger partial charge in [-0.25, -0.2) is 0 Å². The number of para-hydroxylation sites is 1. The molecule has 0 unspecified atom stereocenters. The van der Waals surface area contributed by atoms with Gasteiger partial charge in [0.25, 0.3) is 0 Å². The van der Waals surface area contributed by atoms with Crippen molar-refractivity contribution in [2.75, 3.05) is 0 Å². The number of carbonyl (C=O) groups is 1. The predicted octanol–water partition coefficient (Wildman–Crippen LogP) is 4.98. The maximum absolute atomic E-state index is 11.8. The molecule has 1 aromatic heterocycles. The lowest BCUT2D eigenvalue weighted by atomic mass is 9.98. The van der Waals surface area contributed by atoms with E-state index in [-0.39, 0.29) is 5.78 Å². The molecule has 0 bridgehead atoms. The second kappa shape index (κ2) is 7.78. The van der Waals surface area contributed by atoms with Crippen LogP contribution in [-0.2, 0) is 12.8 Å². The van der Waals surface area contributed by atoms with Crippen molar-refractivity contribution in [3.8, 4) is 0 Å². The maximum atomic E-state index is 11.8. The molecule has 108 valence electrons. The van der Waals surface area contributed by atoms with Gasteiger partial charge < -0.3 is 0 Å². The van der Waals surface area contributed by atoms with Crippen molar-refractivity contribution in [3.63, 3.8) is 0 Å². The van der Waals surface area contributed by atoms with Crippen molar-refractivity contribution in [2.45, 2.75) is 53.9 Å². The monoisotopic (exact) mass is 271 g/mol. The zero-order valence-corrected chi connectivity index (χ0v) is 13.3. The third-order valence-corrected chi connectivity index (χ3v) is 3.27. The number of rotatable bonds is 1. The van der Waals surface area contributed by atoms with Crippen LogP contribution in [0, 0.1) is 0 Å². The average Bonchev–Trinajstić information content (AvgIpc) is 2.96. The Labute approximate surface area is 122 Å². The van der Waals surface area contributed by atoms with E-state index in [0.717, 1.165) is 41.4 Å². The Hall–Kier alpha value is -1.70. The summed E-state index contributed by atoms with van der Waals surface area (Å²) >= 11 is 0. The number of benzene rings is 1. The summed E-state index contributed by atoms with van der Waals surface area (Å²) in [6.45, 7) is 9.65. The van der Waals surface area contributed by atoms with E-state index in [9.17, 15) is 4.79 Å². The van der Waals surface area contributed by atoms with Crippen LogP contribution in [0.15, 0.2) is 24.3 Å². The topological polar surface area (TPSA) is 30.0 Å². The van der Waals surface area contributed by atoms with Crippen LogP contribution in [0.3, 0.4) is 0 Å². The number of ketones is 1. The third-order valence-electron chi connectivity index (χ3n) is 3.27.